The molecule has 3 nitrogen and oxygen atoms in total. The normalized spacial score (nSPS) is 30.0. The van der Waals surface area contributed by atoms with Crippen LogP contribution in [-0.2, 0) is 4.94 Å². The van der Waals surface area contributed by atoms with Crippen molar-refractivity contribution in [3.63, 3.8) is 0 Å². The lowest BCUT2D eigenvalue weighted by atomic mass is 9.94. The molecule has 0 radical (unpaired) electrons. The molecule has 1 fully saturated rings. The zero-order valence-corrected chi connectivity index (χ0v) is 8.26. The molecule has 2 unspecified atom stereocenters. The van der Waals surface area contributed by atoms with Gasteiger partial charge in [-0.25, -0.2) is 4.94 Å². The van der Waals surface area contributed by atoms with E-state index in [1.165, 1.54) is 19.3 Å². The highest BCUT2D eigenvalue weighted by molar-refractivity contribution is 4.82. The number of hydroxylamine groups is 2. The van der Waals surface area contributed by atoms with Gasteiger partial charge in [0.1, 0.15) is 0 Å². The van der Waals surface area contributed by atoms with Crippen molar-refractivity contribution >= 4 is 0 Å². The van der Waals surface area contributed by atoms with Crippen molar-refractivity contribution in [2.24, 2.45) is 5.92 Å². The summed E-state index contributed by atoms with van der Waals surface area (Å²) < 4.78 is 0. The summed E-state index contributed by atoms with van der Waals surface area (Å²) in [7, 11) is 0. The van der Waals surface area contributed by atoms with Crippen LogP contribution in [0.1, 0.15) is 40.0 Å². The molecule has 0 aromatic rings. The molecule has 1 aliphatic rings. The molecule has 0 aromatic carbocycles. The van der Waals surface area contributed by atoms with Crippen LogP contribution in [0, 0.1) is 5.92 Å². The predicted octanol–water partition coefficient (Wildman–Crippen LogP) is 1.61. The second-order valence-corrected chi connectivity index (χ2v) is 3.86. The van der Waals surface area contributed by atoms with E-state index in [-0.39, 0.29) is 0 Å². The maximum absolute atomic E-state index is 5.03. The summed E-state index contributed by atoms with van der Waals surface area (Å²) in [5.74, 6) is 0.627. The molecule has 1 heterocycles. The van der Waals surface area contributed by atoms with Gasteiger partial charge in [-0.15, -0.1) is 0 Å². The molecule has 1 saturated heterocycles. The van der Waals surface area contributed by atoms with Crippen LogP contribution in [0.15, 0.2) is 0 Å². The maximum atomic E-state index is 5.03. The zero-order valence-electron chi connectivity index (χ0n) is 8.26. The summed E-state index contributed by atoms with van der Waals surface area (Å²) in [4.78, 5) is 5.03. The van der Waals surface area contributed by atoms with E-state index in [4.69, 9.17) is 4.94 Å². The van der Waals surface area contributed by atoms with E-state index in [1.54, 1.807) is 0 Å². The summed E-state index contributed by atoms with van der Waals surface area (Å²) in [5, 5.41) is 0. The standard InChI is InChI=1S/C9H20N2O/c1-4-5-6-8-9(7(2)3)11-12-10-8/h7-11H,4-6H2,1-3H3. The molecule has 0 spiro atoms. The van der Waals surface area contributed by atoms with Crippen LogP contribution >= 0.6 is 0 Å². The van der Waals surface area contributed by atoms with Gasteiger partial charge in [0, 0.05) is 0 Å². The molecule has 0 aliphatic carbocycles. The molecular weight excluding hydrogens is 152 g/mol. The quantitative estimate of drug-likeness (QED) is 0.676. The van der Waals surface area contributed by atoms with Crippen LogP contribution in [0.2, 0.25) is 0 Å². The Labute approximate surface area is 74.8 Å². The SMILES string of the molecule is CCCCC1NONC1C(C)C. The Morgan fingerprint density at radius 1 is 1.33 bits per heavy atom. The molecule has 72 valence electrons. The lowest BCUT2D eigenvalue weighted by molar-refractivity contribution is 0.00561. The van der Waals surface area contributed by atoms with Crippen molar-refractivity contribution in [3.8, 4) is 0 Å². The van der Waals surface area contributed by atoms with Gasteiger partial charge in [-0.3, -0.25) is 0 Å². The van der Waals surface area contributed by atoms with Crippen LogP contribution in [0.25, 0.3) is 0 Å². The summed E-state index contributed by atoms with van der Waals surface area (Å²) in [6, 6.07) is 0.960. The summed E-state index contributed by atoms with van der Waals surface area (Å²) in [6.07, 6.45) is 3.72. The van der Waals surface area contributed by atoms with Crippen molar-refractivity contribution in [1.82, 2.24) is 11.0 Å². The van der Waals surface area contributed by atoms with Crippen LogP contribution in [0.4, 0.5) is 0 Å². The van der Waals surface area contributed by atoms with Gasteiger partial charge in [0.2, 0.25) is 0 Å². The Kier molecular flexibility index (Phi) is 3.98. The van der Waals surface area contributed by atoms with E-state index in [1.807, 2.05) is 0 Å². The molecule has 0 aromatic heterocycles. The van der Waals surface area contributed by atoms with Crippen molar-refractivity contribution < 1.29 is 4.94 Å². The van der Waals surface area contributed by atoms with Gasteiger partial charge < -0.3 is 0 Å². The highest BCUT2D eigenvalue weighted by atomic mass is 16.8. The minimum atomic E-state index is 0.469. The minimum Gasteiger partial charge on any atom is -0.213 e. The van der Waals surface area contributed by atoms with E-state index >= 15 is 0 Å². The molecule has 2 atom stereocenters. The smallest absolute Gasteiger partial charge is 0.0540 e. The van der Waals surface area contributed by atoms with Crippen LogP contribution in [0.5, 0.6) is 0 Å². The number of nitrogens with one attached hydrogen (secondary N) is 2. The Bertz CT molecular complexity index is 128. The molecule has 0 amide bonds. The fourth-order valence-electron chi connectivity index (χ4n) is 1.60. The maximum Gasteiger partial charge on any atom is 0.0540 e. The van der Waals surface area contributed by atoms with Crippen molar-refractivity contribution in [3.05, 3.63) is 0 Å². The van der Waals surface area contributed by atoms with Crippen molar-refractivity contribution in [1.29, 1.82) is 0 Å². The van der Waals surface area contributed by atoms with Crippen LogP contribution < -0.4 is 11.0 Å². The fourth-order valence-corrected chi connectivity index (χ4v) is 1.60. The molecular formula is C9H20N2O. The molecule has 2 N–H and O–H groups in total. The largest absolute Gasteiger partial charge is 0.213 e. The van der Waals surface area contributed by atoms with Gasteiger partial charge in [0.25, 0.3) is 0 Å². The number of hydrogen-bond acceptors (Lipinski definition) is 3. The topological polar surface area (TPSA) is 33.3 Å². The zero-order chi connectivity index (χ0) is 8.97. The van der Waals surface area contributed by atoms with E-state index in [9.17, 15) is 0 Å². The summed E-state index contributed by atoms with van der Waals surface area (Å²) >= 11 is 0. The Morgan fingerprint density at radius 3 is 2.67 bits per heavy atom. The number of hydrogen-bond donors (Lipinski definition) is 2. The lowest BCUT2D eigenvalue weighted by Gasteiger charge is -2.19. The van der Waals surface area contributed by atoms with Gasteiger partial charge in [-0.2, -0.15) is 11.0 Å². The minimum absolute atomic E-state index is 0.469. The molecule has 1 rings (SSSR count). The Morgan fingerprint density at radius 2 is 2.08 bits per heavy atom. The lowest BCUT2D eigenvalue weighted by Crippen LogP contribution is -2.37. The van der Waals surface area contributed by atoms with Gasteiger partial charge >= 0.3 is 0 Å². The summed E-state index contributed by atoms with van der Waals surface area (Å²) in [6.45, 7) is 6.65. The van der Waals surface area contributed by atoms with Crippen LogP contribution in [-0.4, -0.2) is 12.1 Å². The third kappa shape index (κ3) is 2.44. The fraction of sp³-hybridized carbons (Fsp3) is 1.00. The van der Waals surface area contributed by atoms with Gasteiger partial charge in [0.05, 0.1) is 12.1 Å². The highest BCUT2D eigenvalue weighted by Crippen LogP contribution is 2.15. The first-order chi connectivity index (χ1) is 5.75. The third-order valence-corrected chi connectivity index (χ3v) is 2.43. The van der Waals surface area contributed by atoms with E-state index < -0.39 is 0 Å². The molecule has 0 saturated carbocycles. The van der Waals surface area contributed by atoms with Gasteiger partial charge in [-0.1, -0.05) is 33.6 Å². The first-order valence-electron chi connectivity index (χ1n) is 4.92. The monoisotopic (exact) mass is 172 g/mol. The average Bonchev–Trinajstić information content (AvgIpc) is 2.48. The third-order valence-electron chi connectivity index (χ3n) is 2.43. The molecule has 1 aliphatic heterocycles. The van der Waals surface area contributed by atoms with Gasteiger partial charge in [0.15, 0.2) is 0 Å². The first kappa shape index (κ1) is 9.96. The number of rotatable bonds is 4. The van der Waals surface area contributed by atoms with E-state index in [0.717, 1.165) is 0 Å². The van der Waals surface area contributed by atoms with Crippen molar-refractivity contribution in [2.75, 3.05) is 0 Å². The van der Waals surface area contributed by atoms with E-state index in [2.05, 4.69) is 31.7 Å². The highest BCUT2D eigenvalue weighted by Gasteiger charge is 2.29. The molecule has 0 bridgehead atoms. The first-order valence-corrected chi connectivity index (χ1v) is 4.92. The second-order valence-electron chi connectivity index (χ2n) is 3.86. The Hall–Kier alpha value is -0.120. The molecule has 12 heavy (non-hydrogen) atoms. The number of unbranched alkanes of at least 4 members (excludes halogenated alkanes) is 1. The summed E-state index contributed by atoms with van der Waals surface area (Å²) in [5.41, 5.74) is 6.02. The Balaban J connectivity index is 2.30. The predicted molar refractivity (Wildman–Crippen MR) is 49.3 cm³/mol. The van der Waals surface area contributed by atoms with Crippen LogP contribution in [0.3, 0.4) is 0 Å². The van der Waals surface area contributed by atoms with Gasteiger partial charge in [-0.05, 0) is 12.3 Å². The van der Waals surface area contributed by atoms with E-state index in [0.29, 0.717) is 18.0 Å². The van der Waals surface area contributed by atoms with Crippen molar-refractivity contribution in [2.45, 2.75) is 52.1 Å². The second kappa shape index (κ2) is 4.80. The molecule has 3 heteroatoms. The average molecular weight is 172 g/mol.